The molecule has 0 aliphatic heterocycles. The summed E-state index contributed by atoms with van der Waals surface area (Å²) < 4.78 is 5.27. The Morgan fingerprint density at radius 3 is 2.88 bits per heavy atom. The number of benzene rings is 2. The Bertz CT molecular complexity index is 612. The lowest BCUT2D eigenvalue weighted by atomic mass is 10.00. The molecule has 0 radical (unpaired) electrons. The molecule has 0 saturated heterocycles. The predicted octanol–water partition coefficient (Wildman–Crippen LogP) is 3.48. The third-order valence-corrected chi connectivity index (χ3v) is 3.48. The Hall–Kier alpha value is -2.01. The second-order valence-electron chi connectivity index (χ2n) is 4.51. The van der Waals surface area contributed by atoms with E-state index in [2.05, 4.69) is 36.4 Å². The molecule has 1 aliphatic rings. The van der Waals surface area contributed by atoms with Gasteiger partial charge in [0.05, 0.1) is 19.1 Å². The van der Waals surface area contributed by atoms with Crippen LogP contribution in [0.4, 0.5) is 0 Å². The first-order valence-corrected chi connectivity index (χ1v) is 5.80. The molecule has 0 heterocycles. The summed E-state index contributed by atoms with van der Waals surface area (Å²) in [6.45, 7) is 0. The van der Waals surface area contributed by atoms with Crippen molar-refractivity contribution in [1.29, 1.82) is 5.26 Å². The smallest absolute Gasteiger partial charge is 0.119 e. The highest BCUT2D eigenvalue weighted by Crippen LogP contribution is 2.49. The number of fused-ring (bicyclic) bond motifs is 1. The summed E-state index contributed by atoms with van der Waals surface area (Å²) in [6.07, 6.45) is 0.993. The van der Waals surface area contributed by atoms with Crippen LogP contribution in [0.25, 0.3) is 10.8 Å². The summed E-state index contributed by atoms with van der Waals surface area (Å²) in [4.78, 5) is 0. The summed E-state index contributed by atoms with van der Waals surface area (Å²) in [6, 6.07) is 14.8. The summed E-state index contributed by atoms with van der Waals surface area (Å²) in [5, 5.41) is 11.4. The van der Waals surface area contributed by atoms with Crippen LogP contribution >= 0.6 is 0 Å². The van der Waals surface area contributed by atoms with Gasteiger partial charge < -0.3 is 4.74 Å². The van der Waals surface area contributed by atoms with E-state index in [0.29, 0.717) is 5.92 Å². The maximum absolute atomic E-state index is 8.94. The number of methoxy groups -OCH3 is 1. The fourth-order valence-electron chi connectivity index (χ4n) is 2.41. The van der Waals surface area contributed by atoms with Crippen LogP contribution in [0, 0.1) is 17.2 Å². The maximum atomic E-state index is 8.94. The van der Waals surface area contributed by atoms with Crippen molar-refractivity contribution in [3.05, 3.63) is 42.0 Å². The Morgan fingerprint density at radius 2 is 2.18 bits per heavy atom. The zero-order valence-corrected chi connectivity index (χ0v) is 9.68. The van der Waals surface area contributed by atoms with Gasteiger partial charge in [0.1, 0.15) is 5.75 Å². The van der Waals surface area contributed by atoms with Crippen molar-refractivity contribution in [3.63, 3.8) is 0 Å². The van der Waals surface area contributed by atoms with E-state index >= 15 is 0 Å². The van der Waals surface area contributed by atoms with Gasteiger partial charge in [-0.2, -0.15) is 5.26 Å². The second-order valence-corrected chi connectivity index (χ2v) is 4.51. The molecule has 2 heteroatoms. The molecule has 84 valence electrons. The van der Waals surface area contributed by atoms with Crippen LogP contribution in [0.15, 0.2) is 36.4 Å². The van der Waals surface area contributed by atoms with Crippen molar-refractivity contribution in [3.8, 4) is 11.8 Å². The number of nitriles is 1. The largest absolute Gasteiger partial charge is 0.497 e. The van der Waals surface area contributed by atoms with Gasteiger partial charge in [0.15, 0.2) is 0 Å². The molecule has 0 spiro atoms. The van der Waals surface area contributed by atoms with Gasteiger partial charge >= 0.3 is 0 Å². The summed E-state index contributed by atoms with van der Waals surface area (Å²) in [5.74, 6) is 1.49. The van der Waals surface area contributed by atoms with Crippen LogP contribution in [-0.4, -0.2) is 7.11 Å². The van der Waals surface area contributed by atoms with E-state index in [1.54, 1.807) is 7.11 Å². The first-order chi connectivity index (χ1) is 8.33. The van der Waals surface area contributed by atoms with E-state index in [0.717, 1.165) is 12.2 Å². The highest BCUT2D eigenvalue weighted by atomic mass is 16.5. The molecule has 1 aliphatic carbocycles. The van der Waals surface area contributed by atoms with E-state index in [9.17, 15) is 0 Å². The number of rotatable bonds is 2. The first-order valence-electron chi connectivity index (χ1n) is 5.80. The van der Waals surface area contributed by atoms with Gasteiger partial charge in [-0.15, -0.1) is 0 Å². The molecule has 17 heavy (non-hydrogen) atoms. The van der Waals surface area contributed by atoms with Crippen molar-refractivity contribution in [2.24, 2.45) is 5.92 Å². The van der Waals surface area contributed by atoms with E-state index < -0.39 is 0 Å². The van der Waals surface area contributed by atoms with Crippen LogP contribution in [0.1, 0.15) is 17.9 Å². The van der Waals surface area contributed by atoms with E-state index in [-0.39, 0.29) is 5.92 Å². The van der Waals surface area contributed by atoms with Crippen LogP contribution in [-0.2, 0) is 0 Å². The lowest BCUT2D eigenvalue weighted by Gasteiger charge is -2.07. The van der Waals surface area contributed by atoms with Crippen molar-refractivity contribution in [2.45, 2.75) is 12.3 Å². The topological polar surface area (TPSA) is 33.0 Å². The Kier molecular flexibility index (Phi) is 2.26. The molecule has 1 fully saturated rings. The second kappa shape index (κ2) is 3.78. The van der Waals surface area contributed by atoms with Crippen molar-refractivity contribution in [2.75, 3.05) is 7.11 Å². The average Bonchev–Trinajstić information content (AvgIpc) is 3.16. The molecule has 2 nitrogen and oxygen atoms in total. The van der Waals surface area contributed by atoms with Crippen LogP contribution in [0.2, 0.25) is 0 Å². The number of ether oxygens (including phenoxy) is 1. The summed E-state index contributed by atoms with van der Waals surface area (Å²) >= 11 is 0. The Balaban J connectivity index is 2.15. The molecule has 2 unspecified atom stereocenters. The molecule has 0 N–H and O–H groups in total. The maximum Gasteiger partial charge on any atom is 0.119 e. The third kappa shape index (κ3) is 1.64. The SMILES string of the molecule is COc1ccc2cccc(C3CC3C#N)c2c1. The fourth-order valence-corrected chi connectivity index (χ4v) is 2.41. The number of hydrogen-bond donors (Lipinski definition) is 0. The molecular formula is C15H13NO. The zero-order chi connectivity index (χ0) is 11.8. The molecule has 0 bridgehead atoms. The number of hydrogen-bond acceptors (Lipinski definition) is 2. The van der Waals surface area contributed by atoms with Gasteiger partial charge in [0.2, 0.25) is 0 Å². The first kappa shape index (κ1) is 10.2. The molecule has 0 aromatic heterocycles. The van der Waals surface area contributed by atoms with Crippen molar-refractivity contribution in [1.82, 2.24) is 0 Å². The van der Waals surface area contributed by atoms with Gasteiger partial charge in [-0.25, -0.2) is 0 Å². The zero-order valence-electron chi connectivity index (χ0n) is 9.68. The van der Waals surface area contributed by atoms with Crippen molar-refractivity contribution >= 4 is 10.8 Å². The van der Waals surface area contributed by atoms with Gasteiger partial charge in [0.25, 0.3) is 0 Å². The lowest BCUT2D eigenvalue weighted by molar-refractivity contribution is 0.415. The quantitative estimate of drug-likeness (QED) is 0.780. The van der Waals surface area contributed by atoms with Crippen LogP contribution in [0.3, 0.4) is 0 Å². The van der Waals surface area contributed by atoms with E-state index in [1.165, 1.54) is 16.3 Å². The fraction of sp³-hybridized carbons (Fsp3) is 0.267. The summed E-state index contributed by atoms with van der Waals surface area (Å²) in [5.41, 5.74) is 1.29. The molecule has 2 atom stereocenters. The van der Waals surface area contributed by atoms with Crippen molar-refractivity contribution < 1.29 is 4.74 Å². The Labute approximate surface area is 100 Å². The molecule has 2 aromatic rings. The van der Waals surface area contributed by atoms with Crippen LogP contribution < -0.4 is 4.74 Å². The normalized spacial score (nSPS) is 22.1. The predicted molar refractivity (Wildman–Crippen MR) is 67.0 cm³/mol. The van der Waals surface area contributed by atoms with E-state index in [1.807, 2.05) is 6.07 Å². The van der Waals surface area contributed by atoms with E-state index in [4.69, 9.17) is 10.00 Å². The molecular weight excluding hydrogens is 210 g/mol. The minimum atomic E-state index is 0.201. The van der Waals surface area contributed by atoms with Gasteiger partial charge in [-0.3, -0.25) is 0 Å². The Morgan fingerprint density at radius 1 is 1.29 bits per heavy atom. The van der Waals surface area contributed by atoms with Gasteiger partial charge in [-0.1, -0.05) is 24.3 Å². The highest BCUT2D eigenvalue weighted by molar-refractivity contribution is 5.88. The van der Waals surface area contributed by atoms with Crippen LogP contribution in [0.5, 0.6) is 5.75 Å². The monoisotopic (exact) mass is 223 g/mol. The minimum Gasteiger partial charge on any atom is -0.497 e. The van der Waals surface area contributed by atoms with Gasteiger partial charge in [-0.05, 0) is 34.9 Å². The minimum absolute atomic E-state index is 0.201. The third-order valence-electron chi connectivity index (χ3n) is 3.48. The molecule has 3 rings (SSSR count). The molecule has 2 aromatic carbocycles. The highest BCUT2D eigenvalue weighted by Gasteiger charge is 2.39. The lowest BCUT2D eigenvalue weighted by Crippen LogP contribution is -1.87. The number of nitrogens with zero attached hydrogens (tertiary/aromatic N) is 1. The molecule has 0 amide bonds. The molecule has 1 saturated carbocycles. The average molecular weight is 223 g/mol. The summed E-state index contributed by atoms with van der Waals surface area (Å²) in [7, 11) is 1.68. The standard InChI is InChI=1S/C15H13NO/c1-17-12-6-5-10-3-2-4-13(15(10)8-12)14-7-11(14)9-16/h2-6,8,11,14H,7H2,1H3. The van der Waals surface area contributed by atoms with Gasteiger partial charge in [0, 0.05) is 5.92 Å².